The first-order valence-electron chi connectivity index (χ1n) is 3.08. The van der Waals surface area contributed by atoms with Gasteiger partial charge in [-0.15, -0.1) is 0 Å². The molecule has 0 aliphatic rings. The number of nitrogens with one attached hydrogen (secondary N) is 1. The van der Waals surface area contributed by atoms with Crippen molar-refractivity contribution in [3.8, 4) is 0 Å². The van der Waals surface area contributed by atoms with Crippen LogP contribution >= 0.6 is 7.60 Å². The fourth-order valence-corrected chi connectivity index (χ4v) is 1.01. The van der Waals surface area contributed by atoms with Gasteiger partial charge in [0.05, 0.1) is 0 Å². The summed E-state index contributed by atoms with van der Waals surface area (Å²) in [6.45, 7) is 3.60. The van der Waals surface area contributed by atoms with E-state index in [1.165, 1.54) is 0 Å². The van der Waals surface area contributed by atoms with Gasteiger partial charge in [-0.05, 0) is 6.42 Å². The van der Waals surface area contributed by atoms with Gasteiger partial charge < -0.3 is 0 Å². The Hall–Kier alpha value is 0.120. The molecule has 0 aliphatic carbocycles. The van der Waals surface area contributed by atoms with Crippen LogP contribution < -0.4 is 5.09 Å². The van der Waals surface area contributed by atoms with Gasteiger partial charge in [-0.2, -0.15) is 4.20 Å². The van der Waals surface area contributed by atoms with Gasteiger partial charge >= 0.3 is 7.60 Å². The maximum atomic E-state index is 12.2. The van der Waals surface area contributed by atoms with Crippen LogP contribution in [-0.4, -0.2) is 13.2 Å². The lowest BCUT2D eigenvalue weighted by molar-refractivity contribution is 0.530. The molecule has 1 N–H and O–H groups in total. The highest BCUT2D eigenvalue weighted by Crippen LogP contribution is 2.36. The summed E-state index contributed by atoms with van der Waals surface area (Å²) in [6, 6.07) is 0. The quantitative estimate of drug-likeness (QED) is 0.495. The summed E-state index contributed by atoms with van der Waals surface area (Å²) in [7, 11) is -3.45. The van der Waals surface area contributed by atoms with Crippen molar-refractivity contribution in [2.24, 2.45) is 0 Å². The molecule has 0 bridgehead atoms. The molecule has 2 nitrogen and oxygen atoms in total. The highest BCUT2D eigenvalue weighted by molar-refractivity contribution is 7.55. The molecule has 0 aliphatic heterocycles. The molecule has 1 atom stereocenters. The Labute approximate surface area is 55.4 Å². The maximum absolute atomic E-state index is 12.2. The molecule has 9 heavy (non-hydrogen) atoms. The molecule has 1 unspecified atom stereocenters. The molecule has 56 valence electrons. The second-order valence-electron chi connectivity index (χ2n) is 2.08. The fraction of sp³-hybridized carbons (Fsp3) is 1.00. The Bertz CT molecular complexity index is 112. The number of halogens is 1. The minimum atomic E-state index is -3.45. The monoisotopic (exact) mass is 153 g/mol. The largest absolute Gasteiger partial charge is 0.305 e. The van der Waals surface area contributed by atoms with Gasteiger partial charge in [0.25, 0.3) is 0 Å². The lowest BCUT2D eigenvalue weighted by Gasteiger charge is -2.02. The minimum absolute atomic E-state index is 0.515. The van der Waals surface area contributed by atoms with Gasteiger partial charge in [-0.25, -0.2) is 5.09 Å². The van der Waals surface area contributed by atoms with Gasteiger partial charge in [0.15, 0.2) is 0 Å². The molecule has 0 rings (SSSR count). The van der Waals surface area contributed by atoms with E-state index in [9.17, 15) is 8.76 Å². The predicted molar refractivity (Wildman–Crippen MR) is 37.5 cm³/mol. The molecule has 0 fully saturated rings. The minimum Gasteiger partial charge on any atom is -0.270 e. The first kappa shape index (κ1) is 9.12. The van der Waals surface area contributed by atoms with E-state index in [0.29, 0.717) is 6.54 Å². The molecule has 0 aromatic heterocycles. The maximum Gasteiger partial charge on any atom is 0.305 e. The number of hydrogen-bond acceptors (Lipinski definition) is 1. The smallest absolute Gasteiger partial charge is 0.270 e. The summed E-state index contributed by atoms with van der Waals surface area (Å²) in [5, 5.41) is 2.31. The van der Waals surface area contributed by atoms with Crippen molar-refractivity contribution in [1.29, 1.82) is 0 Å². The van der Waals surface area contributed by atoms with Crippen LogP contribution in [0.4, 0.5) is 4.20 Å². The second-order valence-corrected chi connectivity index (χ2v) is 4.04. The van der Waals surface area contributed by atoms with Crippen molar-refractivity contribution in [1.82, 2.24) is 5.09 Å². The van der Waals surface area contributed by atoms with E-state index in [1.807, 2.05) is 6.92 Å². The molecule has 0 saturated heterocycles. The first-order valence-corrected chi connectivity index (χ1v) is 5.13. The van der Waals surface area contributed by atoms with Crippen molar-refractivity contribution in [2.75, 3.05) is 13.2 Å². The Kier molecular flexibility index (Phi) is 4.07. The van der Waals surface area contributed by atoms with E-state index in [-0.39, 0.29) is 0 Å². The zero-order chi connectivity index (χ0) is 7.33. The van der Waals surface area contributed by atoms with Crippen LogP contribution in [0.1, 0.15) is 19.8 Å². The zero-order valence-electron chi connectivity index (χ0n) is 5.85. The Morgan fingerprint density at radius 2 is 2.22 bits per heavy atom. The van der Waals surface area contributed by atoms with E-state index in [0.717, 1.165) is 19.5 Å². The third-order valence-corrected chi connectivity index (χ3v) is 1.71. The summed E-state index contributed by atoms with van der Waals surface area (Å²) in [4.78, 5) is 0. The van der Waals surface area contributed by atoms with Crippen molar-refractivity contribution < 1.29 is 8.76 Å². The summed E-state index contributed by atoms with van der Waals surface area (Å²) in [6.07, 6.45) is 1.87. The van der Waals surface area contributed by atoms with Crippen LogP contribution in [0.15, 0.2) is 0 Å². The van der Waals surface area contributed by atoms with Gasteiger partial charge in [-0.3, -0.25) is 4.57 Å². The van der Waals surface area contributed by atoms with Crippen molar-refractivity contribution in [3.63, 3.8) is 0 Å². The van der Waals surface area contributed by atoms with Crippen LogP contribution in [0.3, 0.4) is 0 Å². The summed E-state index contributed by atoms with van der Waals surface area (Å²) in [5.74, 6) is 0. The fourth-order valence-electron chi connectivity index (χ4n) is 0.456. The number of unbranched alkanes of at least 4 members (excludes halogenated alkanes) is 1. The zero-order valence-corrected chi connectivity index (χ0v) is 6.75. The lowest BCUT2D eigenvalue weighted by Crippen LogP contribution is -2.07. The van der Waals surface area contributed by atoms with Crippen molar-refractivity contribution in [2.45, 2.75) is 19.8 Å². The third-order valence-electron chi connectivity index (χ3n) is 0.925. The normalized spacial score (nSPS) is 17.2. The van der Waals surface area contributed by atoms with Crippen molar-refractivity contribution in [3.05, 3.63) is 0 Å². The van der Waals surface area contributed by atoms with Crippen LogP contribution in [0, 0.1) is 0 Å². The molecule has 4 heteroatoms. The Morgan fingerprint density at radius 1 is 1.67 bits per heavy atom. The van der Waals surface area contributed by atoms with Crippen LogP contribution in [0.2, 0.25) is 0 Å². The number of hydrogen-bond donors (Lipinski definition) is 1. The number of rotatable bonds is 4. The summed E-state index contributed by atoms with van der Waals surface area (Å²) >= 11 is 0. The van der Waals surface area contributed by atoms with E-state index in [4.69, 9.17) is 0 Å². The average molecular weight is 153 g/mol. The van der Waals surface area contributed by atoms with Gasteiger partial charge in [0.1, 0.15) is 0 Å². The SMILES string of the molecule is CCCCNP(C)(=O)F. The van der Waals surface area contributed by atoms with Crippen molar-refractivity contribution >= 4 is 7.60 Å². The van der Waals surface area contributed by atoms with Crippen LogP contribution in [-0.2, 0) is 4.57 Å². The topological polar surface area (TPSA) is 29.1 Å². The second kappa shape index (κ2) is 4.02. The molecule has 0 heterocycles. The van der Waals surface area contributed by atoms with E-state index < -0.39 is 7.60 Å². The van der Waals surface area contributed by atoms with E-state index in [2.05, 4.69) is 5.09 Å². The van der Waals surface area contributed by atoms with Gasteiger partial charge in [0, 0.05) is 13.2 Å². The first-order chi connectivity index (χ1) is 4.06. The standard InChI is InChI=1S/C5H13FNOP/c1-3-4-5-7-9(2,6)8/h3-5H2,1-2H3,(H,7,8). The highest BCUT2D eigenvalue weighted by atomic mass is 31.2. The summed E-state index contributed by atoms with van der Waals surface area (Å²) in [5.41, 5.74) is 0. The highest BCUT2D eigenvalue weighted by Gasteiger charge is 2.08. The van der Waals surface area contributed by atoms with E-state index in [1.54, 1.807) is 0 Å². The van der Waals surface area contributed by atoms with Gasteiger partial charge in [0.2, 0.25) is 0 Å². The molecule has 0 aromatic rings. The molecular formula is C5H13FNOP. The molecule has 0 aromatic carbocycles. The molecular weight excluding hydrogens is 140 g/mol. The van der Waals surface area contributed by atoms with Crippen LogP contribution in [0.25, 0.3) is 0 Å². The molecule has 0 amide bonds. The molecule has 0 radical (unpaired) electrons. The summed E-state index contributed by atoms with van der Waals surface area (Å²) < 4.78 is 22.5. The van der Waals surface area contributed by atoms with Crippen LogP contribution in [0.5, 0.6) is 0 Å². The van der Waals surface area contributed by atoms with Gasteiger partial charge in [-0.1, -0.05) is 13.3 Å². The third kappa shape index (κ3) is 8.12. The molecule has 0 spiro atoms. The Balaban J connectivity index is 3.18. The Morgan fingerprint density at radius 3 is 2.56 bits per heavy atom. The lowest BCUT2D eigenvalue weighted by atomic mass is 10.3. The predicted octanol–water partition coefficient (Wildman–Crippen LogP) is 2.17. The average Bonchev–Trinajstić information content (AvgIpc) is 1.63. The molecule has 0 saturated carbocycles. The van der Waals surface area contributed by atoms with E-state index >= 15 is 0 Å².